The number of thioether (sulfide) groups is 1. The van der Waals surface area contributed by atoms with E-state index in [0.717, 1.165) is 66.6 Å². The molecule has 6 N–H and O–H groups in total. The van der Waals surface area contributed by atoms with Gasteiger partial charge >= 0.3 is 41.6 Å². The number of hydrogen-bond acceptors (Lipinski definition) is 12. The maximum absolute atomic E-state index is 13.3. The molecule has 0 unspecified atom stereocenters. The number of ether oxygens (including phenoxy) is 2. The van der Waals surface area contributed by atoms with Crippen molar-refractivity contribution in [3.63, 3.8) is 0 Å². The number of amides is 6. The van der Waals surface area contributed by atoms with Gasteiger partial charge in [0.05, 0.1) is 39.9 Å². The van der Waals surface area contributed by atoms with E-state index < -0.39 is 6.03 Å². The van der Waals surface area contributed by atoms with E-state index in [0.29, 0.717) is 51.9 Å². The largest absolute Gasteiger partial charge is 1.00 e. The predicted octanol–water partition coefficient (Wildman–Crippen LogP) is 12.1. The summed E-state index contributed by atoms with van der Waals surface area (Å²) >= 11 is 11.1. The van der Waals surface area contributed by atoms with Crippen LogP contribution in [-0.4, -0.2) is 77.5 Å². The van der Waals surface area contributed by atoms with E-state index in [1.165, 1.54) is 11.8 Å². The number of hydrogen-bond donors (Lipinski definition) is 6. The van der Waals surface area contributed by atoms with Gasteiger partial charge in [0.25, 0.3) is 0 Å². The molecule has 4 aromatic heterocycles. The number of aromatic nitrogens is 6. The van der Waals surface area contributed by atoms with Gasteiger partial charge in [-0.25, -0.2) is 28.9 Å². The van der Waals surface area contributed by atoms with E-state index in [9.17, 15) is 19.2 Å². The molecule has 0 saturated carbocycles. The molecule has 90 heavy (non-hydrogen) atoms. The van der Waals surface area contributed by atoms with E-state index >= 15 is 0 Å². The average molecular weight is 1280 g/mol. The molecule has 0 atom stereocenters. The number of halogens is 1. The van der Waals surface area contributed by atoms with Crippen molar-refractivity contribution in [3.05, 3.63) is 204 Å². The van der Waals surface area contributed by atoms with Crippen LogP contribution in [0.4, 0.5) is 44.2 Å². The fourth-order valence-electron chi connectivity index (χ4n) is 9.06. The van der Waals surface area contributed by atoms with Crippen LogP contribution in [0.1, 0.15) is 75.2 Å². The Kier molecular flexibility index (Phi) is 24.5. The van der Waals surface area contributed by atoms with Crippen molar-refractivity contribution in [1.82, 2.24) is 29.5 Å². The molecule has 0 fully saturated rings. The Morgan fingerprint density at radius 3 is 1.28 bits per heavy atom. The number of benzene rings is 6. The molecular weight excluding hydrogens is 1200 g/mol. The normalized spacial score (nSPS) is 11.0. The van der Waals surface area contributed by atoms with Crippen molar-refractivity contribution < 1.29 is 58.2 Å². The minimum absolute atomic E-state index is 0. The van der Waals surface area contributed by atoms with Crippen LogP contribution in [0.15, 0.2) is 170 Å². The summed E-state index contributed by atoms with van der Waals surface area (Å²) in [6, 6.07) is 49.0. The van der Waals surface area contributed by atoms with Gasteiger partial charge in [0.15, 0.2) is 0 Å². The summed E-state index contributed by atoms with van der Waals surface area (Å²) in [6.07, 6.45) is 6.70. The van der Waals surface area contributed by atoms with E-state index in [2.05, 4.69) is 96.0 Å². The summed E-state index contributed by atoms with van der Waals surface area (Å²) in [7, 11) is 0. The number of pyridine rings is 2. The molecule has 0 spiro atoms. The summed E-state index contributed by atoms with van der Waals surface area (Å²) in [4.78, 5) is 58.6. The van der Waals surface area contributed by atoms with Crippen molar-refractivity contribution in [2.24, 2.45) is 0 Å². The summed E-state index contributed by atoms with van der Waals surface area (Å²) in [5.41, 5.74) is 8.28. The first kappa shape index (κ1) is 69.1. The minimum Gasteiger partial charge on any atom is -0.796 e. The number of anilines is 6. The molecule has 4 heterocycles. The quantitative estimate of drug-likeness (QED) is 0.0285. The number of carbonyl (C=O) groups is 4. The maximum atomic E-state index is 13.3. The molecule has 0 aliphatic carbocycles. The number of fused-ring (bicyclic) bond motifs is 2. The molecule has 0 radical (unpaired) electrons. The number of rotatable bonds is 17. The van der Waals surface area contributed by atoms with Crippen molar-refractivity contribution in [3.8, 4) is 22.9 Å². The molecule has 6 amide bonds. The van der Waals surface area contributed by atoms with Crippen LogP contribution in [0.25, 0.3) is 32.9 Å². The molecule has 22 heteroatoms. The van der Waals surface area contributed by atoms with Crippen molar-refractivity contribution in [2.45, 2.75) is 79.4 Å². The first-order chi connectivity index (χ1) is 42.7. The van der Waals surface area contributed by atoms with Gasteiger partial charge in [-0.15, -0.1) is 11.6 Å². The number of urea groups is 2. The number of nitrogens with zero attached hydrogens (tertiary/aromatic N) is 6. The standard InChI is InChI=1S/C34H36N6O3S.C33H33ClN6O3.CH4S.Na/c1-22-10-12-24(13-11-22)40-31(19-29(39-40)34(2,3)4)38-33(42)36-27-14-15-28(26-9-7-6-8-25(26)27)43-20-23-16-17-35-30(18-23)37-32(41)21-44-5;1-21-9-11-23(12-10-21)40-30(18-28(39-40)33(2,3)4)38-32(42)36-26-13-14-27(25-8-6-5-7-24(25)26)43-20-22-15-16-35-29(17-22)37-31(41)19-34;1-2;/h6-19H,20-21H2,1-5H3,(H,35,37,41)(H2,36,38,42);5-18H,19-20H2,1-4H3,(H,35,37,41)(H2,36,38,42);2H,1H3;/q;;;+1/p-1. The van der Waals surface area contributed by atoms with Crippen molar-refractivity contribution >= 4 is 116 Å². The number of aryl methyl sites for hydroxylation is 2. The fourth-order valence-corrected chi connectivity index (χ4v) is 9.47. The Balaban J connectivity index is 0.000000247. The Morgan fingerprint density at radius 1 is 0.511 bits per heavy atom. The van der Waals surface area contributed by atoms with Crippen LogP contribution in [0.5, 0.6) is 11.5 Å². The summed E-state index contributed by atoms with van der Waals surface area (Å²) in [5, 5.41) is 30.4. The minimum atomic E-state index is -0.393. The third-order valence-corrected chi connectivity index (χ3v) is 14.4. The Hall–Kier alpha value is -8.37. The summed E-state index contributed by atoms with van der Waals surface area (Å²) in [5.74, 6) is 3.12. The first-order valence-electron chi connectivity index (χ1n) is 28.5. The van der Waals surface area contributed by atoms with Crippen LogP contribution >= 0.6 is 23.4 Å². The van der Waals surface area contributed by atoms with Crippen LogP contribution in [-0.2, 0) is 46.3 Å². The summed E-state index contributed by atoms with van der Waals surface area (Å²) in [6.45, 7) is 17.1. The Morgan fingerprint density at radius 2 is 0.900 bits per heavy atom. The third kappa shape index (κ3) is 18.6. The molecule has 0 bridgehead atoms. The van der Waals surface area contributed by atoms with E-state index in [-0.39, 0.29) is 77.3 Å². The maximum Gasteiger partial charge on any atom is 1.00 e. The van der Waals surface area contributed by atoms with Crippen molar-refractivity contribution in [1.29, 1.82) is 0 Å². The Bertz CT molecular complexity index is 4110. The molecule has 10 aromatic rings. The molecule has 18 nitrogen and oxygen atoms in total. The zero-order valence-corrected chi connectivity index (χ0v) is 56.7. The second-order valence-electron chi connectivity index (χ2n) is 22.6. The van der Waals surface area contributed by atoms with Crippen LogP contribution < -0.4 is 70.9 Å². The number of nitrogens with one attached hydrogen (secondary N) is 6. The van der Waals surface area contributed by atoms with Crippen molar-refractivity contribution in [2.75, 3.05) is 56.0 Å². The first-order valence-corrected chi connectivity index (χ1v) is 31.2. The van der Waals surface area contributed by atoms with Gasteiger partial charge in [-0.1, -0.05) is 125 Å². The van der Waals surface area contributed by atoms with Gasteiger partial charge in [-0.05, 0) is 104 Å². The smallest absolute Gasteiger partial charge is 0.796 e. The monoisotopic (exact) mass is 1270 g/mol. The molecular formula is C68H72ClN12NaO6S2. The van der Waals surface area contributed by atoms with Crippen LogP contribution in [0.3, 0.4) is 0 Å². The third-order valence-electron chi connectivity index (χ3n) is 13.6. The molecule has 6 aromatic carbocycles. The molecule has 460 valence electrons. The molecule has 0 aliphatic heterocycles. The van der Waals surface area contributed by atoms with E-state index in [4.69, 9.17) is 31.3 Å². The number of carbonyl (C=O) groups excluding carboxylic acids is 4. The molecule has 0 aliphatic rings. The topological polar surface area (TPSA) is 220 Å². The van der Waals surface area contributed by atoms with Gasteiger partial charge < -0.3 is 43.4 Å². The predicted molar refractivity (Wildman–Crippen MR) is 364 cm³/mol. The fraction of sp³-hybridized carbons (Fsp3) is 0.235. The second-order valence-corrected chi connectivity index (χ2v) is 23.8. The zero-order chi connectivity index (χ0) is 63.8. The zero-order valence-electron chi connectivity index (χ0n) is 52.3. The molecule has 0 saturated heterocycles. The van der Waals surface area contributed by atoms with Gasteiger partial charge in [-0.3, -0.25) is 20.2 Å². The van der Waals surface area contributed by atoms with Crippen LogP contribution in [0.2, 0.25) is 0 Å². The van der Waals surface area contributed by atoms with E-state index in [1.807, 2.05) is 166 Å². The van der Waals surface area contributed by atoms with E-state index in [1.54, 1.807) is 40.1 Å². The van der Waals surface area contributed by atoms with Gasteiger partial charge in [0.2, 0.25) is 11.8 Å². The van der Waals surface area contributed by atoms with Crippen LogP contribution in [0, 0.1) is 13.8 Å². The SMILES string of the molecule is CSCC(=O)Nc1cc(COc2ccc(NC(=O)Nc3cc(C(C)(C)C)nn3-c3ccc(C)cc3)c3ccccc23)ccn1.C[S-].Cc1ccc(-n2nc(C(C)(C)C)cc2NC(=O)Nc2ccc(OCc3ccnc(NC(=O)CCl)c3)c3ccccc23)cc1.[Na+]. The Labute approximate surface area is 561 Å². The second kappa shape index (κ2) is 31.9. The van der Waals surface area contributed by atoms with Gasteiger partial charge in [0.1, 0.15) is 53.9 Å². The van der Waals surface area contributed by atoms with Gasteiger partial charge in [-0.2, -0.15) is 28.2 Å². The average Bonchev–Trinajstić information content (AvgIpc) is 1.81. The summed E-state index contributed by atoms with van der Waals surface area (Å²) < 4.78 is 15.8. The molecule has 10 rings (SSSR count). The van der Waals surface area contributed by atoms with Gasteiger partial charge in [0, 0.05) is 56.9 Å². The number of alkyl halides is 1.